The number of rotatable bonds is 7. The van der Waals surface area contributed by atoms with Crippen LogP contribution in [0.1, 0.15) is 31.4 Å². The zero-order chi connectivity index (χ0) is 20.4. The topological polar surface area (TPSA) is 161 Å². The summed E-state index contributed by atoms with van der Waals surface area (Å²) in [6.07, 6.45) is 1.91. The molecule has 0 aliphatic heterocycles. The molecule has 1 aromatic carbocycles. The number of hydrogen-bond acceptors (Lipinski definition) is 7. The molecule has 28 heavy (non-hydrogen) atoms. The molecule has 1 heterocycles. The van der Waals surface area contributed by atoms with Gasteiger partial charge in [0.2, 0.25) is 0 Å². The quantitative estimate of drug-likeness (QED) is 0.541. The predicted octanol–water partition coefficient (Wildman–Crippen LogP) is 1.39. The van der Waals surface area contributed by atoms with Crippen LogP contribution in [-0.4, -0.2) is 41.9 Å². The Bertz CT molecular complexity index is 972. The molecule has 0 radical (unpaired) electrons. The smallest absolute Gasteiger partial charge is 0.316 e. The fraction of sp³-hybridized carbons (Fsp3) is 0.389. The lowest BCUT2D eigenvalue weighted by Crippen LogP contribution is -2.44. The number of amides is 2. The normalized spacial score (nSPS) is 15.6. The Morgan fingerprint density at radius 2 is 1.89 bits per heavy atom. The molecule has 0 saturated heterocycles. The summed E-state index contributed by atoms with van der Waals surface area (Å²) in [7, 11) is -3.50. The van der Waals surface area contributed by atoms with E-state index in [-0.39, 0.29) is 24.6 Å². The summed E-state index contributed by atoms with van der Waals surface area (Å²) < 4.78 is 24.8. The molecule has 1 aromatic heterocycles. The lowest BCUT2D eigenvalue weighted by Gasteiger charge is -2.40. The lowest BCUT2D eigenvalue weighted by atomic mass is 9.81. The minimum atomic E-state index is -3.50. The summed E-state index contributed by atoms with van der Waals surface area (Å²) in [5, 5.41) is 11.5. The number of carbonyl (C=O) groups excluding carboxylic acids is 1. The SMILES string of the molecule is NC(=O)Nc1ccc(-c2nc(N)cc(C3(S(=O)(=O)CCCO)CCC3)n2)cc1. The molecule has 0 atom stereocenters. The van der Waals surface area contributed by atoms with E-state index in [1.165, 1.54) is 6.07 Å². The molecule has 6 N–H and O–H groups in total. The van der Waals surface area contributed by atoms with E-state index in [1.807, 2.05) is 0 Å². The van der Waals surface area contributed by atoms with E-state index in [1.54, 1.807) is 24.3 Å². The van der Waals surface area contributed by atoms with Gasteiger partial charge >= 0.3 is 6.03 Å². The van der Waals surface area contributed by atoms with Crippen molar-refractivity contribution in [3.05, 3.63) is 36.0 Å². The van der Waals surface area contributed by atoms with Crippen molar-refractivity contribution >= 4 is 27.4 Å². The summed E-state index contributed by atoms with van der Waals surface area (Å²) in [6.45, 7) is -0.182. The molecule has 1 aliphatic rings. The number of sulfone groups is 1. The Morgan fingerprint density at radius 1 is 1.21 bits per heavy atom. The summed E-state index contributed by atoms with van der Waals surface area (Å²) in [6, 6.07) is 7.51. The average Bonchev–Trinajstić information content (AvgIpc) is 2.58. The Hall–Kier alpha value is -2.72. The molecule has 9 nitrogen and oxygen atoms in total. The number of nitrogens with two attached hydrogens (primary N) is 2. The number of anilines is 2. The van der Waals surface area contributed by atoms with Crippen molar-refractivity contribution < 1.29 is 18.3 Å². The third-order valence-electron chi connectivity index (χ3n) is 4.95. The van der Waals surface area contributed by atoms with Gasteiger partial charge in [-0.1, -0.05) is 0 Å². The second kappa shape index (κ2) is 7.72. The van der Waals surface area contributed by atoms with Gasteiger partial charge < -0.3 is 21.9 Å². The minimum absolute atomic E-state index is 0.101. The van der Waals surface area contributed by atoms with E-state index < -0.39 is 20.6 Å². The van der Waals surface area contributed by atoms with Crippen LogP contribution < -0.4 is 16.8 Å². The molecular formula is C18H23N5O4S. The van der Waals surface area contributed by atoms with Crippen LogP contribution in [0.5, 0.6) is 0 Å². The number of nitrogens with one attached hydrogen (secondary N) is 1. The molecule has 1 aliphatic carbocycles. The summed E-state index contributed by atoms with van der Waals surface area (Å²) in [5.74, 6) is 0.392. The molecule has 0 unspecified atom stereocenters. The molecule has 2 amide bonds. The van der Waals surface area contributed by atoms with Crippen LogP contribution in [0.15, 0.2) is 30.3 Å². The number of carbonyl (C=O) groups is 1. The summed E-state index contributed by atoms with van der Waals surface area (Å²) in [4.78, 5) is 19.7. The van der Waals surface area contributed by atoms with Gasteiger partial charge in [-0.3, -0.25) is 0 Å². The Kier molecular flexibility index (Phi) is 5.52. The van der Waals surface area contributed by atoms with Crippen LogP contribution in [0.2, 0.25) is 0 Å². The van der Waals surface area contributed by atoms with Gasteiger partial charge in [-0.2, -0.15) is 0 Å². The fourth-order valence-corrected chi connectivity index (χ4v) is 5.58. The van der Waals surface area contributed by atoms with Crippen molar-refractivity contribution in [3.8, 4) is 11.4 Å². The van der Waals surface area contributed by atoms with Crippen LogP contribution in [0.4, 0.5) is 16.3 Å². The molecule has 0 bridgehead atoms. The van der Waals surface area contributed by atoms with Crippen LogP contribution in [0.25, 0.3) is 11.4 Å². The van der Waals surface area contributed by atoms with Gasteiger partial charge in [-0.25, -0.2) is 23.2 Å². The lowest BCUT2D eigenvalue weighted by molar-refractivity contribution is 0.259. The molecule has 150 valence electrons. The molecule has 0 spiro atoms. The largest absolute Gasteiger partial charge is 0.396 e. The fourth-order valence-electron chi connectivity index (χ4n) is 3.35. The number of nitrogens with zero attached hydrogens (tertiary/aromatic N) is 2. The molecule has 3 rings (SSSR count). The number of urea groups is 1. The number of hydrogen-bond donors (Lipinski definition) is 4. The van der Waals surface area contributed by atoms with E-state index in [9.17, 15) is 13.2 Å². The first-order valence-corrected chi connectivity index (χ1v) is 10.6. The highest BCUT2D eigenvalue weighted by atomic mass is 32.2. The summed E-state index contributed by atoms with van der Waals surface area (Å²) >= 11 is 0. The highest BCUT2D eigenvalue weighted by molar-refractivity contribution is 7.92. The monoisotopic (exact) mass is 405 g/mol. The molecule has 10 heteroatoms. The van der Waals surface area contributed by atoms with Crippen molar-refractivity contribution in [3.63, 3.8) is 0 Å². The Labute approximate surface area is 163 Å². The second-order valence-corrected chi connectivity index (χ2v) is 9.23. The van der Waals surface area contributed by atoms with Crippen molar-refractivity contribution in [1.29, 1.82) is 0 Å². The number of benzene rings is 1. The van der Waals surface area contributed by atoms with Gasteiger partial charge in [0.05, 0.1) is 11.4 Å². The summed E-state index contributed by atoms with van der Waals surface area (Å²) in [5.41, 5.74) is 12.6. The third-order valence-corrected chi connectivity index (χ3v) is 7.59. The van der Waals surface area contributed by atoms with Gasteiger partial charge in [0.15, 0.2) is 15.7 Å². The zero-order valence-electron chi connectivity index (χ0n) is 15.3. The van der Waals surface area contributed by atoms with Crippen molar-refractivity contribution in [1.82, 2.24) is 9.97 Å². The van der Waals surface area contributed by atoms with E-state index in [4.69, 9.17) is 16.6 Å². The average molecular weight is 405 g/mol. The van der Waals surface area contributed by atoms with E-state index in [2.05, 4.69) is 15.3 Å². The number of aliphatic hydroxyl groups is 1. The predicted molar refractivity (Wildman–Crippen MR) is 106 cm³/mol. The molecule has 2 aromatic rings. The molecule has 1 saturated carbocycles. The van der Waals surface area contributed by atoms with E-state index >= 15 is 0 Å². The highest BCUT2D eigenvalue weighted by Gasteiger charge is 2.51. The van der Waals surface area contributed by atoms with Gasteiger partial charge in [-0.15, -0.1) is 0 Å². The van der Waals surface area contributed by atoms with Crippen LogP contribution in [-0.2, 0) is 14.6 Å². The third kappa shape index (κ3) is 3.78. The Morgan fingerprint density at radius 3 is 2.43 bits per heavy atom. The van der Waals surface area contributed by atoms with Gasteiger partial charge in [0, 0.05) is 23.9 Å². The number of primary amides is 1. The molecular weight excluding hydrogens is 382 g/mol. The minimum Gasteiger partial charge on any atom is -0.396 e. The Balaban J connectivity index is 1.98. The van der Waals surface area contributed by atoms with Crippen molar-refractivity contribution in [2.75, 3.05) is 23.4 Å². The first-order chi connectivity index (χ1) is 13.3. The zero-order valence-corrected chi connectivity index (χ0v) is 16.1. The van der Waals surface area contributed by atoms with E-state index in [0.29, 0.717) is 35.6 Å². The van der Waals surface area contributed by atoms with Crippen LogP contribution >= 0.6 is 0 Å². The van der Waals surface area contributed by atoms with Gasteiger partial charge in [-0.05, 0) is 49.9 Å². The van der Waals surface area contributed by atoms with Crippen LogP contribution in [0, 0.1) is 0 Å². The van der Waals surface area contributed by atoms with Gasteiger partial charge in [0.1, 0.15) is 10.6 Å². The van der Waals surface area contributed by atoms with Crippen molar-refractivity contribution in [2.45, 2.75) is 30.4 Å². The first-order valence-electron chi connectivity index (χ1n) is 8.92. The standard InChI is InChI=1S/C18H23N5O4S/c19-15-11-14(18(7-1-8-18)28(26,27)10-2-9-24)22-16(23-15)12-3-5-13(6-4-12)21-17(20)25/h3-6,11,24H,1-2,7-10H2,(H2,19,22,23)(H3,20,21,25). The maximum absolute atomic E-state index is 12.9. The van der Waals surface area contributed by atoms with Crippen LogP contribution in [0.3, 0.4) is 0 Å². The second-order valence-electron chi connectivity index (χ2n) is 6.81. The highest BCUT2D eigenvalue weighted by Crippen LogP contribution is 2.48. The first kappa shape index (κ1) is 20.0. The van der Waals surface area contributed by atoms with Crippen molar-refractivity contribution in [2.24, 2.45) is 5.73 Å². The number of nitrogen functional groups attached to an aromatic ring is 1. The number of aliphatic hydroxyl groups excluding tert-OH is 1. The molecule has 1 fully saturated rings. The maximum Gasteiger partial charge on any atom is 0.316 e. The number of aromatic nitrogens is 2. The van der Waals surface area contributed by atoms with E-state index in [0.717, 1.165) is 6.42 Å². The maximum atomic E-state index is 12.9. The van der Waals surface area contributed by atoms with Gasteiger partial charge in [0.25, 0.3) is 0 Å².